The summed E-state index contributed by atoms with van der Waals surface area (Å²) in [5.74, 6) is -0.223. The van der Waals surface area contributed by atoms with Crippen LogP contribution >= 0.6 is 23.1 Å². The molecule has 0 aliphatic heterocycles. The van der Waals surface area contributed by atoms with Crippen LogP contribution in [0.2, 0.25) is 0 Å². The van der Waals surface area contributed by atoms with Gasteiger partial charge >= 0.3 is 0 Å². The van der Waals surface area contributed by atoms with Crippen LogP contribution in [0.5, 0.6) is 0 Å². The Morgan fingerprint density at radius 1 is 1.92 bits per heavy atom. The van der Waals surface area contributed by atoms with Gasteiger partial charge in [0.1, 0.15) is 5.88 Å². The monoisotopic (exact) mass is 205 g/mol. The first-order valence-electron chi connectivity index (χ1n) is 3.36. The Kier molecular flexibility index (Phi) is 3.43. The number of carbonyl (C=O) groups is 1. The lowest BCUT2D eigenvalue weighted by Crippen LogP contribution is -2.27. The van der Waals surface area contributed by atoms with Crippen LogP contribution in [0.25, 0.3) is 0 Å². The lowest BCUT2D eigenvalue weighted by atomic mass is 10.3. The predicted molar refractivity (Wildman–Crippen MR) is 47.2 cm³/mol. The third-order valence-electron chi connectivity index (χ3n) is 1.32. The van der Waals surface area contributed by atoms with Gasteiger partial charge in [-0.1, -0.05) is 4.49 Å². The van der Waals surface area contributed by atoms with Crippen molar-refractivity contribution in [1.29, 1.82) is 0 Å². The number of alkyl halides is 1. The molecule has 0 aliphatic carbocycles. The lowest BCUT2D eigenvalue weighted by molar-refractivity contribution is -0.119. The van der Waals surface area contributed by atoms with Crippen molar-refractivity contribution in [2.45, 2.75) is 13.0 Å². The Morgan fingerprint density at radius 2 is 2.67 bits per heavy atom. The molecule has 1 N–H and O–H groups in total. The maximum absolute atomic E-state index is 10.8. The Bertz CT molecular complexity index is 251. The summed E-state index contributed by atoms with van der Waals surface area (Å²) in [6.45, 7) is 1.83. The number of hydrogen-bond acceptors (Lipinski definition) is 4. The Hall–Kier alpha value is -0.680. The molecule has 1 aromatic rings. The van der Waals surface area contributed by atoms with Crippen molar-refractivity contribution in [1.82, 2.24) is 14.9 Å². The summed E-state index contributed by atoms with van der Waals surface area (Å²) in [5.41, 5.74) is 0.762. The molecule has 1 heterocycles. The summed E-state index contributed by atoms with van der Waals surface area (Å²) in [5, 5.41) is 8.27. The molecule has 1 unspecified atom stereocenters. The van der Waals surface area contributed by atoms with Gasteiger partial charge in [-0.25, -0.2) is 0 Å². The third-order valence-corrected chi connectivity index (χ3v) is 2.08. The normalized spacial score (nSPS) is 12.5. The van der Waals surface area contributed by atoms with E-state index in [1.807, 2.05) is 6.92 Å². The molecule has 1 aromatic heterocycles. The molecule has 1 rings (SSSR count). The van der Waals surface area contributed by atoms with Crippen molar-refractivity contribution in [3.05, 3.63) is 11.1 Å². The van der Waals surface area contributed by atoms with E-state index in [1.54, 1.807) is 5.38 Å². The maximum Gasteiger partial charge on any atom is 0.235 e. The van der Waals surface area contributed by atoms with Gasteiger partial charge in [0.15, 0.2) is 0 Å². The Labute approximate surface area is 79.1 Å². The SMILES string of the molecule is CC(NC(=O)CCl)c1csnn1. The smallest absolute Gasteiger partial charge is 0.235 e. The molecule has 0 saturated carbocycles. The second-order valence-electron chi connectivity index (χ2n) is 2.25. The largest absolute Gasteiger partial charge is 0.347 e. The molecule has 0 radical (unpaired) electrons. The van der Waals surface area contributed by atoms with Gasteiger partial charge in [-0.15, -0.1) is 16.7 Å². The molecule has 6 heteroatoms. The van der Waals surface area contributed by atoms with Gasteiger partial charge in [0.25, 0.3) is 0 Å². The highest BCUT2D eigenvalue weighted by Crippen LogP contribution is 2.09. The van der Waals surface area contributed by atoms with Gasteiger partial charge in [-0.05, 0) is 18.5 Å². The number of rotatable bonds is 3. The van der Waals surface area contributed by atoms with Gasteiger partial charge in [-0.2, -0.15) is 0 Å². The van der Waals surface area contributed by atoms with E-state index in [4.69, 9.17) is 11.6 Å². The fraction of sp³-hybridized carbons (Fsp3) is 0.500. The second kappa shape index (κ2) is 4.37. The molecule has 1 amide bonds. The van der Waals surface area contributed by atoms with Crippen molar-refractivity contribution in [3.8, 4) is 0 Å². The van der Waals surface area contributed by atoms with Crippen LogP contribution in [0.1, 0.15) is 18.7 Å². The predicted octanol–water partition coefficient (Wildman–Crippen LogP) is 0.954. The minimum atomic E-state index is -0.197. The van der Waals surface area contributed by atoms with Crippen LogP contribution in [-0.4, -0.2) is 21.4 Å². The van der Waals surface area contributed by atoms with Gasteiger partial charge in [0.2, 0.25) is 5.91 Å². The van der Waals surface area contributed by atoms with Crippen molar-refractivity contribution >= 4 is 29.0 Å². The zero-order valence-corrected chi connectivity index (χ0v) is 8.02. The topological polar surface area (TPSA) is 54.9 Å². The van der Waals surface area contributed by atoms with E-state index in [0.717, 1.165) is 5.69 Å². The highest BCUT2D eigenvalue weighted by atomic mass is 35.5. The number of nitrogens with one attached hydrogen (secondary N) is 1. The summed E-state index contributed by atoms with van der Waals surface area (Å²) < 4.78 is 3.68. The Morgan fingerprint density at radius 3 is 3.17 bits per heavy atom. The molecule has 1 atom stereocenters. The van der Waals surface area contributed by atoms with Crippen molar-refractivity contribution < 1.29 is 4.79 Å². The molecular weight excluding hydrogens is 198 g/mol. The average Bonchev–Trinajstić information content (AvgIpc) is 2.56. The van der Waals surface area contributed by atoms with Gasteiger partial charge in [-0.3, -0.25) is 4.79 Å². The van der Waals surface area contributed by atoms with E-state index in [0.29, 0.717) is 0 Å². The first-order chi connectivity index (χ1) is 5.74. The molecule has 4 nitrogen and oxygen atoms in total. The zero-order chi connectivity index (χ0) is 8.97. The van der Waals surface area contributed by atoms with E-state index >= 15 is 0 Å². The van der Waals surface area contributed by atoms with Crippen molar-refractivity contribution in [2.24, 2.45) is 0 Å². The number of nitrogens with zero attached hydrogens (tertiary/aromatic N) is 2. The van der Waals surface area contributed by atoms with Crippen LogP contribution < -0.4 is 5.32 Å². The minimum absolute atomic E-state index is 0.0259. The molecule has 0 fully saturated rings. The number of hydrogen-bond donors (Lipinski definition) is 1. The molecule has 0 saturated heterocycles. The number of halogens is 1. The van der Waals surface area contributed by atoms with E-state index in [9.17, 15) is 4.79 Å². The van der Waals surface area contributed by atoms with E-state index in [2.05, 4.69) is 14.9 Å². The lowest BCUT2D eigenvalue weighted by Gasteiger charge is -2.08. The van der Waals surface area contributed by atoms with E-state index in [-0.39, 0.29) is 17.8 Å². The van der Waals surface area contributed by atoms with Crippen LogP contribution in [0.15, 0.2) is 5.38 Å². The van der Waals surface area contributed by atoms with Gasteiger partial charge < -0.3 is 5.32 Å². The quantitative estimate of drug-likeness (QED) is 0.748. The minimum Gasteiger partial charge on any atom is -0.347 e. The summed E-state index contributed by atoms with van der Waals surface area (Å²) >= 11 is 6.57. The molecule has 0 aromatic carbocycles. The zero-order valence-electron chi connectivity index (χ0n) is 6.45. The van der Waals surface area contributed by atoms with Crippen molar-refractivity contribution in [2.75, 3.05) is 5.88 Å². The highest BCUT2D eigenvalue weighted by molar-refractivity contribution is 7.03. The molecule has 0 spiro atoms. The molecular formula is C6H8ClN3OS. The van der Waals surface area contributed by atoms with Crippen LogP contribution in [0, 0.1) is 0 Å². The fourth-order valence-electron chi connectivity index (χ4n) is 0.715. The third kappa shape index (κ3) is 2.42. The first kappa shape index (κ1) is 9.41. The standard InChI is InChI=1S/C6H8ClN3OS/c1-4(8-6(11)2-7)5-3-12-10-9-5/h3-4H,2H2,1H3,(H,8,11). The Balaban J connectivity index is 2.49. The first-order valence-corrected chi connectivity index (χ1v) is 4.73. The highest BCUT2D eigenvalue weighted by Gasteiger charge is 2.10. The summed E-state index contributed by atoms with van der Waals surface area (Å²) in [6.07, 6.45) is 0. The van der Waals surface area contributed by atoms with Gasteiger partial charge in [0.05, 0.1) is 11.7 Å². The number of aromatic nitrogens is 2. The maximum atomic E-state index is 10.8. The van der Waals surface area contributed by atoms with Crippen LogP contribution in [0.4, 0.5) is 0 Å². The van der Waals surface area contributed by atoms with Gasteiger partial charge in [0, 0.05) is 5.38 Å². The van der Waals surface area contributed by atoms with Crippen molar-refractivity contribution in [3.63, 3.8) is 0 Å². The van der Waals surface area contributed by atoms with E-state index < -0.39 is 0 Å². The molecule has 0 bridgehead atoms. The number of amides is 1. The molecule has 12 heavy (non-hydrogen) atoms. The summed E-state index contributed by atoms with van der Waals surface area (Å²) in [7, 11) is 0. The van der Waals surface area contributed by atoms with Crippen LogP contribution in [-0.2, 0) is 4.79 Å². The van der Waals surface area contributed by atoms with E-state index in [1.165, 1.54) is 11.5 Å². The average molecular weight is 206 g/mol. The summed E-state index contributed by atoms with van der Waals surface area (Å²) in [4.78, 5) is 10.8. The fourth-order valence-corrected chi connectivity index (χ4v) is 1.34. The number of carbonyl (C=O) groups excluding carboxylic acids is 1. The molecule has 66 valence electrons. The molecule has 0 aliphatic rings. The second-order valence-corrected chi connectivity index (χ2v) is 3.13. The summed E-state index contributed by atoms with van der Waals surface area (Å²) in [6, 6.07) is -0.116. The van der Waals surface area contributed by atoms with Crippen LogP contribution in [0.3, 0.4) is 0 Å².